The number of rotatable bonds is 5. The van der Waals surface area contributed by atoms with E-state index in [1.54, 1.807) is 23.1 Å². The molecule has 2 aromatic heterocycles. The van der Waals surface area contributed by atoms with Crippen molar-refractivity contribution in [3.63, 3.8) is 0 Å². The van der Waals surface area contributed by atoms with Crippen LogP contribution in [-0.2, 0) is 0 Å². The Hall–Kier alpha value is -3.16. The molecule has 0 radical (unpaired) electrons. The number of aromatic nitrogens is 4. The van der Waals surface area contributed by atoms with Gasteiger partial charge in [-0.05, 0) is 24.6 Å². The molecular formula is C17H20N6O2. The smallest absolute Gasteiger partial charge is 0.320 e. The molecule has 130 valence electrons. The fourth-order valence-electron chi connectivity index (χ4n) is 2.31. The summed E-state index contributed by atoms with van der Waals surface area (Å²) in [4.78, 5) is 12.1. The molecule has 1 aromatic carbocycles. The molecule has 1 atom stereocenters. The highest BCUT2D eigenvalue weighted by Crippen LogP contribution is 2.18. The summed E-state index contributed by atoms with van der Waals surface area (Å²) >= 11 is 0. The van der Waals surface area contributed by atoms with Crippen LogP contribution in [0.4, 0.5) is 10.6 Å². The van der Waals surface area contributed by atoms with E-state index in [4.69, 9.17) is 4.52 Å². The average Bonchev–Trinajstić information content (AvgIpc) is 3.26. The lowest BCUT2D eigenvalue weighted by Gasteiger charge is -2.14. The summed E-state index contributed by atoms with van der Waals surface area (Å²) in [5, 5.41) is 17.1. The lowest BCUT2D eigenvalue weighted by atomic mass is 10.1. The van der Waals surface area contributed by atoms with Crippen molar-refractivity contribution in [1.29, 1.82) is 0 Å². The van der Waals surface area contributed by atoms with Crippen molar-refractivity contribution in [1.82, 2.24) is 25.5 Å². The summed E-state index contributed by atoms with van der Waals surface area (Å²) in [5.41, 5.74) is 1.88. The first-order valence-electron chi connectivity index (χ1n) is 8.03. The van der Waals surface area contributed by atoms with Gasteiger partial charge in [0.2, 0.25) is 0 Å². The van der Waals surface area contributed by atoms with Crippen molar-refractivity contribution < 1.29 is 9.32 Å². The zero-order chi connectivity index (χ0) is 17.8. The molecule has 0 saturated carbocycles. The van der Waals surface area contributed by atoms with E-state index in [-0.39, 0.29) is 18.0 Å². The number of amides is 2. The van der Waals surface area contributed by atoms with Crippen molar-refractivity contribution in [2.24, 2.45) is 0 Å². The first-order valence-corrected chi connectivity index (χ1v) is 8.03. The van der Waals surface area contributed by atoms with Gasteiger partial charge in [0, 0.05) is 12.0 Å². The molecule has 0 saturated heterocycles. The molecule has 2 heterocycles. The minimum atomic E-state index is -0.337. The lowest BCUT2D eigenvalue weighted by Crippen LogP contribution is -2.31. The Labute approximate surface area is 145 Å². The SMILES string of the molecule is CC(C)c1cc(NC(=O)N[C@@H](C)c2ccc(-n3ccnn3)cc2)no1. The van der Waals surface area contributed by atoms with E-state index in [2.05, 4.69) is 26.1 Å². The number of urea groups is 1. The average molecular weight is 340 g/mol. The van der Waals surface area contributed by atoms with Crippen molar-refractivity contribution >= 4 is 11.8 Å². The zero-order valence-electron chi connectivity index (χ0n) is 14.3. The van der Waals surface area contributed by atoms with Crippen molar-refractivity contribution in [2.45, 2.75) is 32.7 Å². The largest absolute Gasteiger partial charge is 0.359 e. The van der Waals surface area contributed by atoms with E-state index in [1.807, 2.05) is 45.0 Å². The van der Waals surface area contributed by atoms with Gasteiger partial charge >= 0.3 is 6.03 Å². The maximum Gasteiger partial charge on any atom is 0.320 e. The van der Waals surface area contributed by atoms with Gasteiger partial charge in [-0.25, -0.2) is 9.48 Å². The van der Waals surface area contributed by atoms with E-state index in [0.717, 1.165) is 17.0 Å². The monoisotopic (exact) mass is 340 g/mol. The topological polar surface area (TPSA) is 97.9 Å². The Balaban J connectivity index is 1.59. The summed E-state index contributed by atoms with van der Waals surface area (Å²) in [6.07, 6.45) is 3.39. The minimum Gasteiger partial charge on any atom is -0.359 e. The molecule has 8 nitrogen and oxygen atoms in total. The van der Waals surface area contributed by atoms with Crippen molar-refractivity contribution in [3.05, 3.63) is 54.0 Å². The number of benzene rings is 1. The Morgan fingerprint density at radius 3 is 2.56 bits per heavy atom. The zero-order valence-corrected chi connectivity index (χ0v) is 14.3. The van der Waals surface area contributed by atoms with Gasteiger partial charge in [-0.3, -0.25) is 5.32 Å². The van der Waals surface area contributed by atoms with Crippen LogP contribution < -0.4 is 10.6 Å². The quantitative estimate of drug-likeness (QED) is 0.743. The molecule has 0 fully saturated rings. The normalized spacial score (nSPS) is 12.2. The second-order valence-corrected chi connectivity index (χ2v) is 6.03. The molecule has 0 aliphatic carbocycles. The second-order valence-electron chi connectivity index (χ2n) is 6.03. The molecule has 25 heavy (non-hydrogen) atoms. The number of carbonyl (C=O) groups is 1. The van der Waals surface area contributed by atoms with E-state index in [9.17, 15) is 4.79 Å². The highest BCUT2D eigenvalue weighted by molar-refractivity contribution is 5.88. The van der Waals surface area contributed by atoms with Crippen LogP contribution in [0.1, 0.15) is 44.1 Å². The third-order valence-electron chi connectivity index (χ3n) is 3.77. The fraction of sp³-hybridized carbons (Fsp3) is 0.294. The van der Waals surface area contributed by atoms with Gasteiger partial charge in [0.1, 0.15) is 5.76 Å². The Morgan fingerprint density at radius 2 is 1.96 bits per heavy atom. The molecule has 0 aliphatic heterocycles. The summed E-state index contributed by atoms with van der Waals surface area (Å²) in [6, 6.07) is 8.95. The number of nitrogens with one attached hydrogen (secondary N) is 2. The molecule has 3 aromatic rings. The third kappa shape index (κ3) is 4.03. The van der Waals surface area contributed by atoms with Gasteiger partial charge in [-0.1, -0.05) is 36.4 Å². The summed E-state index contributed by atoms with van der Waals surface area (Å²) in [7, 11) is 0. The Morgan fingerprint density at radius 1 is 1.20 bits per heavy atom. The highest BCUT2D eigenvalue weighted by atomic mass is 16.5. The maximum atomic E-state index is 12.1. The van der Waals surface area contributed by atoms with Gasteiger partial charge in [-0.15, -0.1) is 5.10 Å². The summed E-state index contributed by atoms with van der Waals surface area (Å²) < 4.78 is 6.83. The van der Waals surface area contributed by atoms with Gasteiger partial charge in [0.05, 0.1) is 24.1 Å². The van der Waals surface area contributed by atoms with Gasteiger partial charge in [0.15, 0.2) is 5.82 Å². The number of hydrogen-bond acceptors (Lipinski definition) is 5. The Bertz CT molecular complexity index is 823. The van der Waals surface area contributed by atoms with Crippen LogP contribution in [-0.4, -0.2) is 26.2 Å². The van der Waals surface area contributed by atoms with Crippen LogP contribution in [0.3, 0.4) is 0 Å². The fourth-order valence-corrected chi connectivity index (χ4v) is 2.31. The van der Waals surface area contributed by atoms with Crippen LogP contribution >= 0.6 is 0 Å². The molecule has 0 unspecified atom stereocenters. The van der Waals surface area contributed by atoms with Crippen molar-refractivity contribution in [3.8, 4) is 5.69 Å². The standard InChI is InChI=1S/C17H20N6O2/c1-11(2)15-10-16(21-25-15)20-17(24)19-12(3)13-4-6-14(7-5-13)23-9-8-18-22-23/h4-12H,1-3H3,(H2,19,20,21,24)/t12-/m0/s1. The van der Waals surface area contributed by atoms with E-state index >= 15 is 0 Å². The van der Waals surface area contributed by atoms with Gasteiger partial charge < -0.3 is 9.84 Å². The van der Waals surface area contributed by atoms with Crippen LogP contribution in [0.5, 0.6) is 0 Å². The lowest BCUT2D eigenvalue weighted by molar-refractivity contribution is 0.249. The maximum absolute atomic E-state index is 12.1. The van der Waals surface area contributed by atoms with Crippen LogP contribution in [0, 0.1) is 0 Å². The number of hydrogen-bond donors (Lipinski definition) is 2. The van der Waals surface area contributed by atoms with E-state index in [1.165, 1.54) is 0 Å². The highest BCUT2D eigenvalue weighted by Gasteiger charge is 2.13. The predicted octanol–water partition coefficient (Wildman–Crippen LogP) is 3.26. The number of carbonyl (C=O) groups excluding carboxylic acids is 1. The molecule has 8 heteroatoms. The predicted molar refractivity (Wildman–Crippen MR) is 92.5 cm³/mol. The molecule has 0 aliphatic rings. The first kappa shape index (κ1) is 16.7. The van der Waals surface area contributed by atoms with Crippen LogP contribution in [0.15, 0.2) is 47.2 Å². The van der Waals surface area contributed by atoms with Crippen LogP contribution in [0.25, 0.3) is 5.69 Å². The summed E-state index contributed by atoms with van der Waals surface area (Å²) in [5.74, 6) is 1.34. The van der Waals surface area contributed by atoms with E-state index in [0.29, 0.717) is 5.82 Å². The summed E-state index contributed by atoms with van der Waals surface area (Å²) in [6.45, 7) is 5.90. The molecular weight excluding hydrogens is 320 g/mol. The minimum absolute atomic E-state index is 0.165. The van der Waals surface area contributed by atoms with Crippen LogP contribution in [0.2, 0.25) is 0 Å². The van der Waals surface area contributed by atoms with Crippen molar-refractivity contribution in [2.75, 3.05) is 5.32 Å². The van der Waals surface area contributed by atoms with Gasteiger partial charge in [-0.2, -0.15) is 0 Å². The Kier molecular flexibility index (Phi) is 4.78. The molecule has 0 bridgehead atoms. The van der Waals surface area contributed by atoms with E-state index < -0.39 is 0 Å². The number of nitrogens with zero attached hydrogens (tertiary/aromatic N) is 4. The molecule has 2 N–H and O–H groups in total. The molecule has 2 amide bonds. The molecule has 0 spiro atoms. The number of anilines is 1. The van der Waals surface area contributed by atoms with Gasteiger partial charge in [0.25, 0.3) is 0 Å². The second kappa shape index (κ2) is 7.16. The first-order chi connectivity index (χ1) is 12.0. The third-order valence-corrected chi connectivity index (χ3v) is 3.77. The molecule has 3 rings (SSSR count).